The number of para-hydroxylation sites is 1. The maximum Gasteiger partial charge on any atom is 0.0965 e. The zero-order valence-electron chi connectivity index (χ0n) is 10.6. The van der Waals surface area contributed by atoms with Gasteiger partial charge < -0.3 is 5.73 Å². The molecule has 0 aliphatic heterocycles. The highest BCUT2D eigenvalue weighted by Crippen LogP contribution is 2.25. The predicted molar refractivity (Wildman–Crippen MR) is 78.9 cm³/mol. The van der Waals surface area contributed by atoms with Crippen molar-refractivity contribution in [2.24, 2.45) is 7.05 Å². The Morgan fingerprint density at radius 1 is 1.21 bits per heavy atom. The van der Waals surface area contributed by atoms with E-state index in [2.05, 4.69) is 22.2 Å². The second-order valence-corrected chi connectivity index (χ2v) is 5.30. The quantitative estimate of drug-likeness (QED) is 0.743. The van der Waals surface area contributed by atoms with E-state index in [1.54, 1.807) is 18.0 Å². The molecule has 0 aliphatic rings. The van der Waals surface area contributed by atoms with Gasteiger partial charge in [0.15, 0.2) is 0 Å². The third-order valence-corrected chi connectivity index (χ3v) is 3.91. The van der Waals surface area contributed by atoms with Gasteiger partial charge in [-0.2, -0.15) is 5.10 Å². The Balaban J connectivity index is 1.84. The van der Waals surface area contributed by atoms with Gasteiger partial charge >= 0.3 is 0 Å². The number of aromatic nitrogens is 3. The van der Waals surface area contributed by atoms with E-state index in [-0.39, 0.29) is 0 Å². The van der Waals surface area contributed by atoms with Crippen LogP contribution in [-0.4, -0.2) is 14.8 Å². The number of nitrogen functional groups attached to an aromatic ring is 1. The highest BCUT2D eigenvalue weighted by atomic mass is 32.2. The maximum atomic E-state index is 5.62. The van der Waals surface area contributed by atoms with Gasteiger partial charge in [0.2, 0.25) is 0 Å². The third kappa shape index (κ3) is 2.42. The Morgan fingerprint density at radius 2 is 2.05 bits per heavy atom. The molecule has 2 heterocycles. The molecule has 0 atom stereocenters. The van der Waals surface area contributed by atoms with Gasteiger partial charge in [-0.15, -0.1) is 0 Å². The number of hydrogen-bond acceptors (Lipinski definition) is 4. The number of thioether (sulfide) groups is 1. The lowest BCUT2D eigenvalue weighted by Gasteiger charge is -1.99. The monoisotopic (exact) mass is 270 g/mol. The molecule has 0 saturated heterocycles. The molecule has 0 saturated carbocycles. The number of nitrogens with zero attached hydrogens (tertiary/aromatic N) is 3. The van der Waals surface area contributed by atoms with Gasteiger partial charge in [0.1, 0.15) is 0 Å². The fourth-order valence-corrected chi connectivity index (χ4v) is 2.80. The molecule has 0 amide bonds. The number of hydrogen-bond donors (Lipinski definition) is 1. The molecule has 1 aromatic carbocycles. The summed E-state index contributed by atoms with van der Waals surface area (Å²) >= 11 is 1.67. The van der Waals surface area contributed by atoms with Crippen molar-refractivity contribution in [3.63, 3.8) is 0 Å². The molecule has 0 aliphatic carbocycles. The Kier molecular flexibility index (Phi) is 3.13. The minimum absolute atomic E-state index is 0.688. The topological polar surface area (TPSA) is 56.7 Å². The van der Waals surface area contributed by atoms with Gasteiger partial charge in [-0.3, -0.25) is 4.68 Å². The van der Waals surface area contributed by atoms with E-state index in [1.165, 1.54) is 5.39 Å². The molecule has 5 heteroatoms. The van der Waals surface area contributed by atoms with Gasteiger partial charge in [-0.05, 0) is 18.2 Å². The van der Waals surface area contributed by atoms with E-state index in [1.807, 2.05) is 36.0 Å². The van der Waals surface area contributed by atoms with Crippen LogP contribution in [0, 0.1) is 0 Å². The standard InChI is InChI=1S/C14H14N4S/c1-18-13-5-3-2-4-11(13)12(17-18)9-19-14-7-6-10(15)8-16-14/h2-8H,9,15H2,1H3. The number of rotatable bonds is 3. The van der Waals surface area contributed by atoms with Crippen LogP contribution in [0.2, 0.25) is 0 Å². The van der Waals surface area contributed by atoms with Crippen molar-refractivity contribution in [2.45, 2.75) is 10.8 Å². The lowest BCUT2D eigenvalue weighted by Crippen LogP contribution is -1.91. The first-order valence-electron chi connectivity index (χ1n) is 5.99. The van der Waals surface area contributed by atoms with E-state index >= 15 is 0 Å². The summed E-state index contributed by atoms with van der Waals surface area (Å²) in [6.07, 6.45) is 1.68. The van der Waals surface area contributed by atoms with E-state index in [0.29, 0.717) is 5.69 Å². The van der Waals surface area contributed by atoms with Crippen LogP contribution in [0.5, 0.6) is 0 Å². The number of aryl methyl sites for hydroxylation is 1. The van der Waals surface area contributed by atoms with Crippen LogP contribution in [0.15, 0.2) is 47.6 Å². The average molecular weight is 270 g/mol. The molecule has 0 radical (unpaired) electrons. The molecule has 2 N–H and O–H groups in total. The molecule has 96 valence electrons. The Bertz CT molecular complexity index is 703. The summed E-state index contributed by atoms with van der Waals surface area (Å²) in [5.41, 5.74) is 8.55. The Hall–Kier alpha value is -2.01. The lowest BCUT2D eigenvalue weighted by atomic mass is 10.2. The summed E-state index contributed by atoms with van der Waals surface area (Å²) in [6.45, 7) is 0. The Labute approximate surface area is 115 Å². The highest BCUT2D eigenvalue weighted by molar-refractivity contribution is 7.98. The fourth-order valence-electron chi connectivity index (χ4n) is 2.01. The number of benzene rings is 1. The number of fused-ring (bicyclic) bond motifs is 1. The highest BCUT2D eigenvalue weighted by Gasteiger charge is 2.08. The van der Waals surface area contributed by atoms with Crippen LogP contribution in [-0.2, 0) is 12.8 Å². The summed E-state index contributed by atoms with van der Waals surface area (Å²) in [7, 11) is 1.97. The molecule has 19 heavy (non-hydrogen) atoms. The van der Waals surface area contributed by atoms with Crippen molar-refractivity contribution in [1.82, 2.24) is 14.8 Å². The maximum absolute atomic E-state index is 5.62. The van der Waals surface area contributed by atoms with E-state index in [0.717, 1.165) is 22.0 Å². The summed E-state index contributed by atoms with van der Waals surface area (Å²) in [5, 5.41) is 6.73. The minimum atomic E-state index is 0.688. The smallest absolute Gasteiger partial charge is 0.0965 e. The molecule has 3 rings (SSSR count). The van der Waals surface area contributed by atoms with Crippen molar-refractivity contribution >= 4 is 28.4 Å². The second-order valence-electron chi connectivity index (χ2n) is 4.31. The predicted octanol–water partition coefficient (Wildman–Crippen LogP) is 2.84. The summed E-state index contributed by atoms with van der Waals surface area (Å²) in [6, 6.07) is 12.1. The first-order chi connectivity index (χ1) is 9.24. The molecular formula is C14H14N4S. The van der Waals surface area contributed by atoms with Gasteiger partial charge in [-0.25, -0.2) is 4.98 Å². The zero-order valence-corrected chi connectivity index (χ0v) is 11.4. The van der Waals surface area contributed by atoms with E-state index in [4.69, 9.17) is 5.73 Å². The van der Waals surface area contributed by atoms with E-state index < -0.39 is 0 Å². The van der Waals surface area contributed by atoms with Crippen LogP contribution >= 0.6 is 11.8 Å². The third-order valence-electron chi connectivity index (χ3n) is 2.95. The molecule has 0 spiro atoms. The number of pyridine rings is 1. The van der Waals surface area contributed by atoms with Crippen LogP contribution in [0.25, 0.3) is 10.9 Å². The first-order valence-corrected chi connectivity index (χ1v) is 6.97. The first kappa shape index (κ1) is 12.0. The molecular weight excluding hydrogens is 256 g/mol. The van der Waals surface area contributed by atoms with Crippen LogP contribution < -0.4 is 5.73 Å². The fraction of sp³-hybridized carbons (Fsp3) is 0.143. The van der Waals surface area contributed by atoms with Gasteiger partial charge in [0.25, 0.3) is 0 Å². The van der Waals surface area contributed by atoms with Crippen molar-refractivity contribution in [3.05, 3.63) is 48.3 Å². The lowest BCUT2D eigenvalue weighted by molar-refractivity contribution is 0.781. The van der Waals surface area contributed by atoms with Crippen molar-refractivity contribution in [2.75, 3.05) is 5.73 Å². The molecule has 0 bridgehead atoms. The molecule has 4 nitrogen and oxygen atoms in total. The second kappa shape index (κ2) is 4.93. The van der Waals surface area contributed by atoms with Gasteiger partial charge in [0, 0.05) is 18.2 Å². The SMILES string of the molecule is Cn1nc(CSc2ccc(N)cn2)c2ccccc21. The summed E-state index contributed by atoms with van der Waals surface area (Å²) in [4.78, 5) is 4.28. The molecule has 0 unspecified atom stereocenters. The summed E-state index contributed by atoms with van der Waals surface area (Å²) in [5.74, 6) is 0.804. The molecule has 3 aromatic rings. The largest absolute Gasteiger partial charge is 0.397 e. The normalized spacial score (nSPS) is 11.0. The Morgan fingerprint density at radius 3 is 2.84 bits per heavy atom. The van der Waals surface area contributed by atoms with Gasteiger partial charge in [-0.1, -0.05) is 30.0 Å². The number of nitrogens with two attached hydrogens (primary N) is 1. The van der Waals surface area contributed by atoms with Crippen LogP contribution in [0.3, 0.4) is 0 Å². The average Bonchev–Trinajstić information content (AvgIpc) is 2.76. The molecule has 2 aromatic heterocycles. The van der Waals surface area contributed by atoms with Crippen molar-refractivity contribution in [1.29, 1.82) is 0 Å². The minimum Gasteiger partial charge on any atom is -0.397 e. The zero-order chi connectivity index (χ0) is 13.2. The van der Waals surface area contributed by atoms with Crippen molar-refractivity contribution < 1.29 is 0 Å². The van der Waals surface area contributed by atoms with Crippen LogP contribution in [0.4, 0.5) is 5.69 Å². The summed E-state index contributed by atoms with van der Waals surface area (Å²) < 4.78 is 1.92. The van der Waals surface area contributed by atoms with Crippen LogP contribution in [0.1, 0.15) is 5.69 Å². The van der Waals surface area contributed by atoms with Crippen molar-refractivity contribution in [3.8, 4) is 0 Å². The number of anilines is 1. The van der Waals surface area contributed by atoms with E-state index in [9.17, 15) is 0 Å². The molecule has 0 fully saturated rings. The van der Waals surface area contributed by atoms with Gasteiger partial charge in [0.05, 0.1) is 28.1 Å².